The molecule has 0 fully saturated rings. The highest BCUT2D eigenvalue weighted by atomic mass is 127. The molecular formula is C12H17IN2O2. The average Bonchev–Trinajstić information content (AvgIpc) is 2.27. The summed E-state index contributed by atoms with van der Waals surface area (Å²) in [5, 5.41) is 0. The Kier molecular flexibility index (Phi) is 4.35. The van der Waals surface area contributed by atoms with Gasteiger partial charge in [-0.1, -0.05) is 54.2 Å². The van der Waals surface area contributed by atoms with Crippen LogP contribution in [0.3, 0.4) is 0 Å². The first-order valence-electron chi connectivity index (χ1n) is 5.57. The summed E-state index contributed by atoms with van der Waals surface area (Å²) in [4.78, 5) is 23.0. The van der Waals surface area contributed by atoms with Gasteiger partial charge in [0.05, 0.1) is 9.34 Å². The molecule has 2 atom stereocenters. The van der Waals surface area contributed by atoms with E-state index in [9.17, 15) is 9.59 Å². The second-order valence-corrected chi connectivity index (χ2v) is 6.01. The normalized spacial score (nSPS) is 28.3. The number of carbonyl (C=O) groups is 2. The molecule has 94 valence electrons. The van der Waals surface area contributed by atoms with Crippen molar-refractivity contribution in [2.45, 2.75) is 30.1 Å². The van der Waals surface area contributed by atoms with E-state index in [4.69, 9.17) is 11.5 Å². The largest absolute Gasteiger partial charge is 0.369 e. The van der Waals surface area contributed by atoms with Crippen molar-refractivity contribution < 1.29 is 9.59 Å². The third-order valence-corrected chi connectivity index (χ3v) is 5.31. The van der Waals surface area contributed by atoms with Gasteiger partial charge in [0.25, 0.3) is 0 Å². The number of nitrogens with two attached hydrogens (primary N) is 2. The number of primary amides is 2. The lowest BCUT2D eigenvalue weighted by Gasteiger charge is -2.38. The van der Waals surface area contributed by atoms with Crippen molar-refractivity contribution in [1.29, 1.82) is 0 Å². The van der Waals surface area contributed by atoms with Crippen LogP contribution in [0.1, 0.15) is 26.7 Å². The fraction of sp³-hybridized carbons (Fsp3) is 0.500. The smallest absolute Gasteiger partial charge is 0.245 e. The maximum absolute atomic E-state index is 11.6. The van der Waals surface area contributed by atoms with Crippen molar-refractivity contribution in [3.8, 4) is 0 Å². The Bertz CT molecular complexity index is 415. The van der Waals surface area contributed by atoms with Gasteiger partial charge in [-0.05, 0) is 12.8 Å². The highest BCUT2D eigenvalue weighted by Gasteiger charge is 2.45. The number of hydrogen-bond acceptors (Lipinski definition) is 2. The van der Waals surface area contributed by atoms with Crippen molar-refractivity contribution in [2.24, 2.45) is 17.4 Å². The van der Waals surface area contributed by atoms with Gasteiger partial charge in [0.1, 0.15) is 0 Å². The minimum absolute atomic E-state index is 0.311. The van der Waals surface area contributed by atoms with E-state index in [0.29, 0.717) is 5.57 Å². The predicted molar refractivity (Wildman–Crippen MR) is 75.4 cm³/mol. The van der Waals surface area contributed by atoms with Crippen molar-refractivity contribution in [3.05, 3.63) is 23.3 Å². The Morgan fingerprint density at radius 2 is 1.94 bits per heavy atom. The first-order chi connectivity index (χ1) is 7.88. The molecule has 0 spiro atoms. The van der Waals surface area contributed by atoms with Crippen LogP contribution in [0.2, 0.25) is 0 Å². The van der Waals surface area contributed by atoms with Crippen molar-refractivity contribution >= 4 is 34.4 Å². The molecule has 1 aliphatic rings. The maximum atomic E-state index is 11.6. The van der Waals surface area contributed by atoms with E-state index in [1.54, 1.807) is 6.08 Å². The molecule has 0 radical (unpaired) electrons. The highest BCUT2D eigenvalue weighted by Crippen LogP contribution is 2.46. The zero-order valence-corrected chi connectivity index (χ0v) is 12.2. The maximum Gasteiger partial charge on any atom is 0.245 e. The standard InChI is InChI=1S/C12H17IN2O2/c1-3-7-5-6-8(10(14)16)9(11(15)17)12(7,13)4-2/h5-6,9H,3-4H2,1-2H3,(H2,14,16)(H2,15,17). The lowest BCUT2D eigenvalue weighted by Crippen LogP contribution is -2.46. The van der Waals surface area contributed by atoms with Gasteiger partial charge in [0.2, 0.25) is 11.8 Å². The Balaban J connectivity index is 3.37. The molecule has 17 heavy (non-hydrogen) atoms. The van der Waals surface area contributed by atoms with Gasteiger partial charge in [-0.15, -0.1) is 0 Å². The Morgan fingerprint density at radius 3 is 2.29 bits per heavy atom. The number of carbonyl (C=O) groups excluding carboxylic acids is 2. The number of rotatable bonds is 4. The Hall–Kier alpha value is -0.850. The fourth-order valence-electron chi connectivity index (χ4n) is 2.30. The first-order valence-corrected chi connectivity index (χ1v) is 6.65. The number of amides is 2. The van der Waals surface area contributed by atoms with Crippen molar-refractivity contribution in [1.82, 2.24) is 0 Å². The molecule has 2 unspecified atom stereocenters. The van der Waals surface area contributed by atoms with Crippen LogP contribution >= 0.6 is 22.6 Å². The van der Waals surface area contributed by atoms with Gasteiger partial charge in [-0.3, -0.25) is 9.59 Å². The van der Waals surface area contributed by atoms with E-state index in [0.717, 1.165) is 18.4 Å². The second kappa shape index (κ2) is 5.20. The summed E-state index contributed by atoms with van der Waals surface area (Å²) in [6, 6.07) is 0. The molecule has 0 saturated carbocycles. The quantitative estimate of drug-likeness (QED) is 0.595. The lowest BCUT2D eigenvalue weighted by molar-refractivity contribution is -0.124. The SMILES string of the molecule is CCC1=CC=C(C(N)=O)C(C(N)=O)C1(I)CC. The third-order valence-electron chi connectivity index (χ3n) is 3.23. The van der Waals surface area contributed by atoms with Crippen LogP contribution in [0.4, 0.5) is 0 Å². The molecule has 1 aliphatic carbocycles. The first kappa shape index (κ1) is 14.2. The van der Waals surface area contributed by atoms with E-state index in [1.807, 2.05) is 19.9 Å². The molecule has 0 bridgehead atoms. The van der Waals surface area contributed by atoms with Crippen LogP contribution in [0.15, 0.2) is 23.3 Å². The number of allylic oxidation sites excluding steroid dienone is 3. The molecule has 0 heterocycles. The summed E-state index contributed by atoms with van der Waals surface area (Å²) >= 11 is 2.22. The molecule has 0 aromatic rings. The zero-order chi connectivity index (χ0) is 13.2. The van der Waals surface area contributed by atoms with Gasteiger partial charge in [0.15, 0.2) is 0 Å². The number of hydrogen-bond donors (Lipinski definition) is 2. The van der Waals surface area contributed by atoms with E-state index in [1.165, 1.54) is 0 Å². The molecule has 0 saturated heterocycles. The molecule has 0 aliphatic heterocycles. The van der Waals surface area contributed by atoms with Gasteiger partial charge in [-0.25, -0.2) is 0 Å². The minimum atomic E-state index is -0.634. The molecule has 5 heteroatoms. The zero-order valence-electron chi connectivity index (χ0n) is 10.00. The van der Waals surface area contributed by atoms with Gasteiger partial charge in [0, 0.05) is 5.57 Å². The van der Waals surface area contributed by atoms with Crippen LogP contribution in [0.5, 0.6) is 0 Å². The van der Waals surface area contributed by atoms with Crippen LogP contribution in [-0.4, -0.2) is 15.2 Å². The van der Waals surface area contributed by atoms with E-state index >= 15 is 0 Å². The van der Waals surface area contributed by atoms with Gasteiger partial charge in [-0.2, -0.15) is 0 Å². The molecule has 0 aromatic carbocycles. The monoisotopic (exact) mass is 348 g/mol. The summed E-state index contributed by atoms with van der Waals surface area (Å²) < 4.78 is -0.433. The average molecular weight is 348 g/mol. The highest BCUT2D eigenvalue weighted by molar-refractivity contribution is 14.1. The predicted octanol–water partition coefficient (Wildman–Crippen LogP) is 1.43. The summed E-state index contributed by atoms with van der Waals surface area (Å²) in [6.45, 7) is 4.01. The fourth-order valence-corrected chi connectivity index (χ4v) is 3.51. The van der Waals surface area contributed by atoms with Gasteiger partial charge < -0.3 is 11.5 Å². The second-order valence-electron chi connectivity index (χ2n) is 4.08. The van der Waals surface area contributed by atoms with Gasteiger partial charge >= 0.3 is 0 Å². The third kappa shape index (κ3) is 2.38. The minimum Gasteiger partial charge on any atom is -0.369 e. The number of alkyl halides is 1. The van der Waals surface area contributed by atoms with Crippen LogP contribution in [0.25, 0.3) is 0 Å². The molecule has 4 nitrogen and oxygen atoms in total. The van der Waals surface area contributed by atoms with Crippen molar-refractivity contribution in [3.63, 3.8) is 0 Å². The van der Waals surface area contributed by atoms with Crippen LogP contribution in [-0.2, 0) is 9.59 Å². The summed E-state index contributed by atoms with van der Waals surface area (Å²) in [7, 11) is 0. The van der Waals surface area contributed by atoms with E-state index in [-0.39, 0.29) is 0 Å². The number of halogens is 1. The topological polar surface area (TPSA) is 86.2 Å². The van der Waals surface area contributed by atoms with E-state index < -0.39 is 21.2 Å². The summed E-state index contributed by atoms with van der Waals surface area (Å²) in [6.07, 6.45) is 5.06. The van der Waals surface area contributed by atoms with E-state index in [2.05, 4.69) is 22.6 Å². The molecule has 4 N–H and O–H groups in total. The lowest BCUT2D eigenvalue weighted by atomic mass is 9.74. The molecular weight excluding hydrogens is 331 g/mol. The summed E-state index contributed by atoms with van der Waals surface area (Å²) in [5.74, 6) is -1.70. The van der Waals surface area contributed by atoms with Crippen LogP contribution in [0, 0.1) is 5.92 Å². The molecule has 2 amide bonds. The molecule has 1 rings (SSSR count). The van der Waals surface area contributed by atoms with Crippen LogP contribution < -0.4 is 11.5 Å². The Morgan fingerprint density at radius 1 is 1.35 bits per heavy atom. The van der Waals surface area contributed by atoms with Crippen molar-refractivity contribution in [2.75, 3.05) is 0 Å². The molecule has 0 aromatic heterocycles. The Labute approximate surface area is 115 Å². The summed E-state index contributed by atoms with van der Waals surface area (Å²) in [5.41, 5.74) is 12.2.